The Morgan fingerprint density at radius 3 is 2.70 bits per heavy atom. The van der Waals surface area contributed by atoms with Gasteiger partial charge in [-0.2, -0.15) is 0 Å². The van der Waals surface area contributed by atoms with Crippen LogP contribution in [0.4, 0.5) is 0 Å². The fourth-order valence-electron chi connectivity index (χ4n) is 0.749. The summed E-state index contributed by atoms with van der Waals surface area (Å²) in [5.74, 6) is 5.82. The van der Waals surface area contributed by atoms with Crippen LogP contribution in [0.5, 0.6) is 0 Å². The highest BCUT2D eigenvalue weighted by Crippen LogP contribution is 1.87. The zero-order chi connectivity index (χ0) is 7.72. The molecule has 0 spiro atoms. The van der Waals surface area contributed by atoms with Crippen LogP contribution in [0.1, 0.15) is 11.5 Å². The van der Waals surface area contributed by atoms with E-state index in [0.717, 1.165) is 4.68 Å². The highest BCUT2D eigenvalue weighted by atomic mass is 16.1. The standard InChI is InChI=1S/C6H9N3O/c1-4-3-6(10)9(7)5(2)8-4/h3H,7H2,1-2H3. The minimum absolute atomic E-state index is 0.218. The largest absolute Gasteiger partial charge is 0.335 e. The van der Waals surface area contributed by atoms with Gasteiger partial charge in [0.25, 0.3) is 5.56 Å². The van der Waals surface area contributed by atoms with Gasteiger partial charge in [-0.3, -0.25) is 4.79 Å². The molecule has 0 atom stereocenters. The van der Waals surface area contributed by atoms with Crippen molar-refractivity contribution in [2.45, 2.75) is 13.8 Å². The summed E-state index contributed by atoms with van der Waals surface area (Å²) in [6, 6.07) is 1.40. The second kappa shape index (κ2) is 2.13. The van der Waals surface area contributed by atoms with Gasteiger partial charge in [0.1, 0.15) is 5.82 Å². The Hall–Kier alpha value is -1.32. The maximum atomic E-state index is 10.9. The molecule has 0 aliphatic rings. The second-order valence-corrected chi connectivity index (χ2v) is 2.15. The van der Waals surface area contributed by atoms with Crippen LogP contribution in [0, 0.1) is 13.8 Å². The molecule has 1 rings (SSSR count). The molecule has 0 unspecified atom stereocenters. The first-order valence-corrected chi connectivity index (χ1v) is 2.93. The molecule has 0 bridgehead atoms. The second-order valence-electron chi connectivity index (χ2n) is 2.15. The van der Waals surface area contributed by atoms with Gasteiger partial charge in [0.2, 0.25) is 0 Å². The number of aryl methyl sites for hydroxylation is 2. The summed E-state index contributed by atoms with van der Waals surface area (Å²) in [4.78, 5) is 14.8. The summed E-state index contributed by atoms with van der Waals surface area (Å²) in [5, 5.41) is 0. The van der Waals surface area contributed by atoms with E-state index in [2.05, 4.69) is 4.98 Å². The van der Waals surface area contributed by atoms with E-state index in [-0.39, 0.29) is 5.56 Å². The number of rotatable bonds is 0. The van der Waals surface area contributed by atoms with Crippen molar-refractivity contribution in [2.24, 2.45) is 0 Å². The maximum absolute atomic E-state index is 10.9. The lowest BCUT2D eigenvalue weighted by atomic mass is 10.4. The van der Waals surface area contributed by atoms with E-state index >= 15 is 0 Å². The van der Waals surface area contributed by atoms with Crippen LogP contribution in [0.15, 0.2) is 10.9 Å². The molecule has 4 heteroatoms. The third-order valence-corrected chi connectivity index (χ3v) is 1.26. The molecule has 0 radical (unpaired) electrons. The quantitative estimate of drug-likeness (QED) is 0.496. The van der Waals surface area contributed by atoms with Gasteiger partial charge in [0.05, 0.1) is 0 Å². The van der Waals surface area contributed by atoms with E-state index < -0.39 is 0 Å². The summed E-state index contributed by atoms with van der Waals surface area (Å²) in [7, 11) is 0. The smallest absolute Gasteiger partial charge is 0.272 e. The molecular weight excluding hydrogens is 130 g/mol. The van der Waals surface area contributed by atoms with Crippen molar-refractivity contribution >= 4 is 0 Å². The zero-order valence-corrected chi connectivity index (χ0v) is 5.96. The zero-order valence-electron chi connectivity index (χ0n) is 5.96. The van der Waals surface area contributed by atoms with Gasteiger partial charge in [0.15, 0.2) is 0 Å². The van der Waals surface area contributed by atoms with Crippen molar-refractivity contribution in [3.05, 3.63) is 27.9 Å². The van der Waals surface area contributed by atoms with Crippen LogP contribution >= 0.6 is 0 Å². The number of hydrogen-bond acceptors (Lipinski definition) is 3. The fourth-order valence-corrected chi connectivity index (χ4v) is 0.749. The number of nitrogens with two attached hydrogens (primary N) is 1. The third-order valence-electron chi connectivity index (χ3n) is 1.26. The highest BCUT2D eigenvalue weighted by Gasteiger charge is 1.96. The molecule has 1 aromatic heterocycles. The first kappa shape index (κ1) is 6.80. The number of aromatic nitrogens is 2. The Morgan fingerprint density at radius 1 is 1.60 bits per heavy atom. The minimum Gasteiger partial charge on any atom is -0.335 e. The van der Waals surface area contributed by atoms with Crippen molar-refractivity contribution in [2.75, 3.05) is 5.84 Å². The molecule has 2 N–H and O–H groups in total. The lowest BCUT2D eigenvalue weighted by Crippen LogP contribution is -2.29. The molecule has 0 aromatic carbocycles. The predicted molar refractivity (Wildman–Crippen MR) is 38.1 cm³/mol. The van der Waals surface area contributed by atoms with E-state index in [9.17, 15) is 4.79 Å². The van der Waals surface area contributed by atoms with Gasteiger partial charge in [-0.15, -0.1) is 0 Å². The Balaban J connectivity index is 3.46. The van der Waals surface area contributed by atoms with Crippen LogP contribution in [0.2, 0.25) is 0 Å². The Kier molecular flexibility index (Phi) is 1.45. The first-order chi connectivity index (χ1) is 4.61. The lowest BCUT2D eigenvalue weighted by Gasteiger charge is -2.00. The summed E-state index contributed by atoms with van der Waals surface area (Å²) in [6.45, 7) is 3.45. The highest BCUT2D eigenvalue weighted by molar-refractivity contribution is 5.01. The number of nitrogens with zero attached hydrogens (tertiary/aromatic N) is 2. The molecule has 0 aliphatic heterocycles. The molecule has 54 valence electrons. The fraction of sp³-hybridized carbons (Fsp3) is 0.333. The van der Waals surface area contributed by atoms with Gasteiger partial charge in [-0.1, -0.05) is 0 Å². The SMILES string of the molecule is Cc1cc(=O)n(N)c(C)n1. The predicted octanol–water partition coefficient (Wildman–Crippen LogP) is -0.426. The molecule has 10 heavy (non-hydrogen) atoms. The van der Waals surface area contributed by atoms with Gasteiger partial charge in [-0.25, -0.2) is 9.66 Å². The van der Waals surface area contributed by atoms with E-state index in [1.807, 2.05) is 0 Å². The molecule has 4 nitrogen and oxygen atoms in total. The van der Waals surface area contributed by atoms with Gasteiger partial charge in [-0.05, 0) is 13.8 Å². The first-order valence-electron chi connectivity index (χ1n) is 2.93. The Morgan fingerprint density at radius 2 is 2.20 bits per heavy atom. The molecule has 0 aliphatic carbocycles. The maximum Gasteiger partial charge on any atom is 0.272 e. The van der Waals surface area contributed by atoms with Crippen molar-refractivity contribution in [3.63, 3.8) is 0 Å². The van der Waals surface area contributed by atoms with Crippen molar-refractivity contribution < 1.29 is 0 Å². The third kappa shape index (κ3) is 1.00. The summed E-state index contributed by atoms with van der Waals surface area (Å²) >= 11 is 0. The molecule has 1 aromatic rings. The topological polar surface area (TPSA) is 60.9 Å². The molecular formula is C6H9N3O. The molecule has 0 fully saturated rings. The van der Waals surface area contributed by atoms with E-state index in [4.69, 9.17) is 5.84 Å². The minimum atomic E-state index is -0.218. The lowest BCUT2D eigenvalue weighted by molar-refractivity contribution is 0.817. The van der Waals surface area contributed by atoms with Crippen molar-refractivity contribution in [1.29, 1.82) is 0 Å². The van der Waals surface area contributed by atoms with Crippen LogP contribution in [0.25, 0.3) is 0 Å². The molecule has 1 heterocycles. The number of hydrogen-bond donors (Lipinski definition) is 1. The molecule has 0 amide bonds. The van der Waals surface area contributed by atoms with Crippen LogP contribution in [-0.2, 0) is 0 Å². The summed E-state index contributed by atoms with van der Waals surface area (Å²) in [5.41, 5.74) is 0.481. The van der Waals surface area contributed by atoms with E-state index in [1.54, 1.807) is 13.8 Å². The normalized spacial score (nSPS) is 9.80. The average molecular weight is 139 g/mol. The van der Waals surface area contributed by atoms with Crippen LogP contribution < -0.4 is 11.4 Å². The van der Waals surface area contributed by atoms with E-state index in [0.29, 0.717) is 11.5 Å². The Labute approximate surface area is 58.3 Å². The summed E-state index contributed by atoms with van der Waals surface area (Å²) in [6.07, 6.45) is 0. The summed E-state index contributed by atoms with van der Waals surface area (Å²) < 4.78 is 1.02. The van der Waals surface area contributed by atoms with Gasteiger partial charge >= 0.3 is 0 Å². The van der Waals surface area contributed by atoms with Crippen molar-refractivity contribution in [3.8, 4) is 0 Å². The van der Waals surface area contributed by atoms with Crippen molar-refractivity contribution in [1.82, 2.24) is 9.66 Å². The Bertz CT molecular complexity index is 302. The van der Waals surface area contributed by atoms with Gasteiger partial charge in [0, 0.05) is 11.8 Å². The van der Waals surface area contributed by atoms with Crippen LogP contribution in [-0.4, -0.2) is 9.66 Å². The van der Waals surface area contributed by atoms with Crippen LogP contribution in [0.3, 0.4) is 0 Å². The van der Waals surface area contributed by atoms with Gasteiger partial charge < -0.3 is 5.84 Å². The van der Waals surface area contributed by atoms with E-state index in [1.165, 1.54) is 6.07 Å². The number of nitrogen functional groups attached to an aromatic ring is 1. The molecule has 0 saturated carbocycles. The molecule has 0 saturated heterocycles. The monoisotopic (exact) mass is 139 g/mol. The average Bonchev–Trinajstić information content (AvgIpc) is 1.82.